The van der Waals surface area contributed by atoms with Gasteiger partial charge in [-0.2, -0.15) is 0 Å². The van der Waals surface area contributed by atoms with Gasteiger partial charge in [-0.25, -0.2) is 4.99 Å². The molecule has 2 aliphatic rings. The van der Waals surface area contributed by atoms with E-state index in [9.17, 15) is 0 Å². The maximum absolute atomic E-state index is 6.07. The van der Waals surface area contributed by atoms with Crippen LogP contribution < -0.4 is 11.1 Å². The largest absolute Gasteiger partial charge is 0.370 e. The summed E-state index contributed by atoms with van der Waals surface area (Å²) < 4.78 is 0. The van der Waals surface area contributed by atoms with E-state index in [1.165, 1.54) is 69.3 Å². The van der Waals surface area contributed by atoms with Gasteiger partial charge in [-0.1, -0.05) is 44.0 Å². The fourth-order valence-electron chi connectivity index (χ4n) is 4.30. The van der Waals surface area contributed by atoms with Gasteiger partial charge in [0.05, 0.1) is 6.54 Å². The van der Waals surface area contributed by atoms with Gasteiger partial charge in [0.25, 0.3) is 0 Å². The summed E-state index contributed by atoms with van der Waals surface area (Å²) in [6.07, 6.45) is 8.01. The average molecular weight is 372 g/mol. The van der Waals surface area contributed by atoms with Crippen molar-refractivity contribution in [3.8, 4) is 0 Å². The molecular formula is C22H37N5. The molecule has 1 aromatic carbocycles. The summed E-state index contributed by atoms with van der Waals surface area (Å²) in [5, 5.41) is 3.31. The Kier molecular flexibility index (Phi) is 7.96. The Bertz CT molecular complexity index is 575. The van der Waals surface area contributed by atoms with Crippen LogP contribution in [0.15, 0.2) is 29.3 Å². The molecule has 0 radical (unpaired) electrons. The minimum Gasteiger partial charge on any atom is -0.370 e. The number of guanidine groups is 1. The highest BCUT2D eigenvalue weighted by molar-refractivity contribution is 5.77. The Hall–Kier alpha value is -1.59. The Morgan fingerprint density at radius 3 is 2.44 bits per heavy atom. The van der Waals surface area contributed by atoms with E-state index < -0.39 is 0 Å². The third-order valence-electron chi connectivity index (χ3n) is 5.98. The fourth-order valence-corrected chi connectivity index (χ4v) is 4.30. The van der Waals surface area contributed by atoms with E-state index in [1.54, 1.807) is 0 Å². The van der Waals surface area contributed by atoms with Gasteiger partial charge in [0.15, 0.2) is 5.96 Å². The van der Waals surface area contributed by atoms with Gasteiger partial charge >= 0.3 is 0 Å². The van der Waals surface area contributed by atoms with Gasteiger partial charge in [0.2, 0.25) is 0 Å². The smallest absolute Gasteiger partial charge is 0.188 e. The van der Waals surface area contributed by atoms with Crippen LogP contribution in [0.5, 0.6) is 0 Å². The van der Waals surface area contributed by atoms with Gasteiger partial charge in [-0.15, -0.1) is 0 Å². The number of hydrogen-bond acceptors (Lipinski definition) is 3. The predicted octanol–water partition coefficient (Wildman–Crippen LogP) is 2.95. The van der Waals surface area contributed by atoms with Crippen LogP contribution in [-0.4, -0.2) is 54.5 Å². The number of likely N-dealkylation sites (N-methyl/N-ethyl adjacent to an activating group) is 1. The Morgan fingerprint density at radius 2 is 1.74 bits per heavy atom. The van der Waals surface area contributed by atoms with E-state index in [2.05, 4.69) is 51.3 Å². The van der Waals surface area contributed by atoms with Crippen molar-refractivity contribution in [3.05, 3.63) is 35.4 Å². The molecule has 150 valence electrons. The summed E-state index contributed by atoms with van der Waals surface area (Å²) in [4.78, 5) is 9.62. The normalized spacial score (nSPS) is 22.7. The van der Waals surface area contributed by atoms with Gasteiger partial charge in [0, 0.05) is 19.1 Å². The number of nitrogens with zero attached hydrogens (tertiary/aromatic N) is 3. The summed E-state index contributed by atoms with van der Waals surface area (Å²) in [5.74, 6) is 0.562. The highest BCUT2D eigenvalue weighted by atomic mass is 15.2. The fraction of sp³-hybridized carbons (Fsp3) is 0.682. The van der Waals surface area contributed by atoms with Crippen LogP contribution in [0.1, 0.15) is 56.6 Å². The first-order valence-corrected chi connectivity index (χ1v) is 10.8. The monoisotopic (exact) mass is 371 g/mol. The predicted molar refractivity (Wildman–Crippen MR) is 114 cm³/mol. The Balaban J connectivity index is 1.42. The van der Waals surface area contributed by atoms with E-state index in [1.807, 2.05) is 0 Å². The number of nitrogens with two attached hydrogens (primary N) is 1. The van der Waals surface area contributed by atoms with Crippen molar-refractivity contribution in [2.45, 2.75) is 64.6 Å². The van der Waals surface area contributed by atoms with Crippen LogP contribution >= 0.6 is 0 Å². The van der Waals surface area contributed by atoms with Gasteiger partial charge in [-0.3, -0.25) is 9.80 Å². The molecule has 2 fully saturated rings. The molecule has 0 saturated carbocycles. The van der Waals surface area contributed by atoms with Crippen molar-refractivity contribution in [2.24, 2.45) is 10.7 Å². The molecular weight excluding hydrogens is 334 g/mol. The molecule has 2 saturated heterocycles. The zero-order valence-electron chi connectivity index (χ0n) is 17.0. The molecule has 3 rings (SSSR count). The third kappa shape index (κ3) is 6.51. The van der Waals surface area contributed by atoms with E-state index in [-0.39, 0.29) is 0 Å². The second-order valence-electron chi connectivity index (χ2n) is 8.01. The number of aliphatic imine (C=N–C) groups is 1. The Morgan fingerprint density at radius 1 is 1.04 bits per heavy atom. The van der Waals surface area contributed by atoms with Crippen LogP contribution in [0, 0.1) is 0 Å². The quantitative estimate of drug-likeness (QED) is 0.571. The van der Waals surface area contributed by atoms with Gasteiger partial charge < -0.3 is 11.1 Å². The highest BCUT2D eigenvalue weighted by Crippen LogP contribution is 2.16. The van der Waals surface area contributed by atoms with Crippen molar-refractivity contribution < 1.29 is 0 Å². The SMILES string of the molecule is CCN1CCCC1CNC(N)=NCc1ccc(CN2CCCCCC2)cc1. The molecule has 0 amide bonds. The molecule has 0 aromatic heterocycles. The summed E-state index contributed by atoms with van der Waals surface area (Å²) in [6.45, 7) is 9.66. The molecule has 0 aliphatic carbocycles. The average Bonchev–Trinajstić information content (AvgIpc) is 3.00. The highest BCUT2D eigenvalue weighted by Gasteiger charge is 2.22. The molecule has 0 bridgehead atoms. The van der Waals surface area contributed by atoms with Crippen molar-refractivity contribution in [1.29, 1.82) is 0 Å². The van der Waals surface area contributed by atoms with Crippen LogP contribution in [0.3, 0.4) is 0 Å². The molecule has 2 heterocycles. The summed E-state index contributed by atoms with van der Waals surface area (Å²) in [7, 11) is 0. The summed E-state index contributed by atoms with van der Waals surface area (Å²) >= 11 is 0. The van der Waals surface area contributed by atoms with E-state index >= 15 is 0 Å². The van der Waals surface area contributed by atoms with Crippen LogP contribution in [0.4, 0.5) is 0 Å². The Labute approximate surface area is 165 Å². The first kappa shape index (κ1) is 20.2. The van der Waals surface area contributed by atoms with Gasteiger partial charge in [0.1, 0.15) is 0 Å². The number of nitrogens with one attached hydrogen (secondary N) is 1. The lowest BCUT2D eigenvalue weighted by atomic mass is 10.1. The lowest BCUT2D eigenvalue weighted by molar-refractivity contribution is 0.267. The second kappa shape index (κ2) is 10.7. The van der Waals surface area contributed by atoms with Gasteiger partial charge in [-0.05, 0) is 63.0 Å². The van der Waals surface area contributed by atoms with E-state index in [0.29, 0.717) is 18.5 Å². The van der Waals surface area contributed by atoms with Crippen molar-refractivity contribution >= 4 is 5.96 Å². The molecule has 5 nitrogen and oxygen atoms in total. The molecule has 3 N–H and O–H groups in total. The van der Waals surface area contributed by atoms with Crippen molar-refractivity contribution in [2.75, 3.05) is 32.7 Å². The maximum Gasteiger partial charge on any atom is 0.188 e. The zero-order valence-corrected chi connectivity index (χ0v) is 17.0. The van der Waals surface area contributed by atoms with Crippen LogP contribution in [0.2, 0.25) is 0 Å². The lowest BCUT2D eigenvalue weighted by Gasteiger charge is -2.23. The number of rotatable bonds is 7. The summed E-state index contributed by atoms with van der Waals surface area (Å²) in [6, 6.07) is 9.48. The molecule has 1 unspecified atom stereocenters. The molecule has 27 heavy (non-hydrogen) atoms. The standard InChI is InChI=1S/C22H37N5/c1-2-27-15-7-8-21(27)17-25-22(23)24-16-19-9-11-20(12-10-19)18-26-13-5-3-4-6-14-26/h9-12,21H,2-8,13-18H2,1H3,(H3,23,24,25). The maximum atomic E-state index is 6.07. The van der Waals surface area contributed by atoms with Crippen molar-refractivity contribution in [1.82, 2.24) is 15.1 Å². The molecule has 1 aromatic rings. The minimum absolute atomic E-state index is 0.562. The zero-order chi connectivity index (χ0) is 18.9. The van der Waals surface area contributed by atoms with Crippen LogP contribution in [-0.2, 0) is 13.1 Å². The summed E-state index contributed by atoms with van der Waals surface area (Å²) in [5.41, 5.74) is 8.69. The minimum atomic E-state index is 0.562. The topological polar surface area (TPSA) is 56.9 Å². The number of benzene rings is 1. The number of hydrogen-bond donors (Lipinski definition) is 2. The van der Waals surface area contributed by atoms with Crippen LogP contribution in [0.25, 0.3) is 0 Å². The second-order valence-corrected chi connectivity index (χ2v) is 8.01. The molecule has 0 spiro atoms. The third-order valence-corrected chi connectivity index (χ3v) is 5.98. The first-order valence-electron chi connectivity index (χ1n) is 10.8. The van der Waals surface area contributed by atoms with E-state index in [0.717, 1.165) is 19.6 Å². The van der Waals surface area contributed by atoms with E-state index in [4.69, 9.17) is 5.73 Å². The molecule has 5 heteroatoms. The first-order chi connectivity index (χ1) is 13.2. The number of likely N-dealkylation sites (tertiary alicyclic amines) is 2. The molecule has 2 aliphatic heterocycles. The van der Waals surface area contributed by atoms with Crippen molar-refractivity contribution in [3.63, 3.8) is 0 Å². The molecule has 1 atom stereocenters. The lowest BCUT2D eigenvalue weighted by Crippen LogP contribution is -2.42.